The molecule has 0 heterocycles. The van der Waals surface area contributed by atoms with E-state index >= 15 is 0 Å². The van der Waals surface area contributed by atoms with Crippen molar-refractivity contribution < 1.29 is 28.7 Å². The van der Waals surface area contributed by atoms with E-state index in [0.29, 0.717) is 23.3 Å². The van der Waals surface area contributed by atoms with Gasteiger partial charge in [0.2, 0.25) is 0 Å². The fourth-order valence-electron chi connectivity index (χ4n) is 3.52. The summed E-state index contributed by atoms with van der Waals surface area (Å²) in [6.45, 7) is 7.69. The van der Waals surface area contributed by atoms with Crippen molar-refractivity contribution >= 4 is 55.5 Å². The summed E-state index contributed by atoms with van der Waals surface area (Å²) in [6, 6.07) is 16.9. The maximum absolute atomic E-state index is 12.4. The summed E-state index contributed by atoms with van der Waals surface area (Å²) in [5.74, 6) is -0.578. The highest BCUT2D eigenvalue weighted by atomic mass is 79.9. The van der Waals surface area contributed by atoms with Crippen molar-refractivity contribution in [2.45, 2.75) is 39.5 Å². The number of ether oxygens (including phenoxy) is 2. The quantitative estimate of drug-likeness (QED) is 0.216. The number of hydrogen-bond donors (Lipinski definition) is 4. The Labute approximate surface area is 261 Å². The van der Waals surface area contributed by atoms with Gasteiger partial charge in [0.25, 0.3) is 23.6 Å². The monoisotopic (exact) mass is 702 g/mol. The molecule has 0 aliphatic heterocycles. The number of carbonyl (C=O) groups is 4. The van der Waals surface area contributed by atoms with E-state index in [4.69, 9.17) is 9.47 Å². The molecule has 0 spiro atoms. The number of amides is 4. The van der Waals surface area contributed by atoms with Crippen LogP contribution in [0.5, 0.6) is 11.5 Å². The largest absolute Gasteiger partial charge is 0.483 e. The van der Waals surface area contributed by atoms with Crippen molar-refractivity contribution in [2.75, 3.05) is 13.2 Å². The first-order valence-corrected chi connectivity index (χ1v) is 14.7. The Kier molecular flexibility index (Phi) is 11.9. The summed E-state index contributed by atoms with van der Waals surface area (Å²) in [5, 5.41) is 0. The van der Waals surface area contributed by atoms with Gasteiger partial charge in [-0.25, -0.2) is 0 Å². The van der Waals surface area contributed by atoms with Crippen LogP contribution in [0.1, 0.15) is 71.4 Å². The second-order valence-corrected chi connectivity index (χ2v) is 11.6. The predicted molar refractivity (Wildman–Crippen MR) is 165 cm³/mol. The molecule has 4 amide bonds. The van der Waals surface area contributed by atoms with Gasteiger partial charge in [0.05, 0.1) is 8.95 Å². The molecule has 222 valence electrons. The van der Waals surface area contributed by atoms with E-state index in [1.54, 1.807) is 12.1 Å². The highest BCUT2D eigenvalue weighted by Crippen LogP contribution is 2.29. The zero-order chi connectivity index (χ0) is 30.8. The number of rotatable bonds is 10. The predicted octanol–water partition coefficient (Wildman–Crippen LogP) is 5.14. The molecule has 0 saturated carbocycles. The first-order valence-electron chi connectivity index (χ1n) is 13.1. The van der Waals surface area contributed by atoms with Crippen LogP contribution >= 0.6 is 31.9 Å². The number of benzene rings is 3. The van der Waals surface area contributed by atoms with Crippen molar-refractivity contribution in [3.63, 3.8) is 0 Å². The van der Waals surface area contributed by atoms with Crippen LogP contribution in [0.4, 0.5) is 0 Å². The van der Waals surface area contributed by atoms with Gasteiger partial charge in [-0.15, -0.1) is 0 Å². The third kappa shape index (κ3) is 9.59. The first kappa shape index (κ1) is 32.6. The third-order valence-electron chi connectivity index (χ3n) is 6.00. The topological polar surface area (TPSA) is 135 Å². The van der Waals surface area contributed by atoms with Gasteiger partial charge in [-0.1, -0.05) is 39.8 Å². The van der Waals surface area contributed by atoms with Crippen LogP contribution in [0.25, 0.3) is 0 Å². The SMILES string of the molecule is CC(C)c1ccc(OCC(=O)NNC(=O)c2ccc(C(=O)NNC(=O)COc3ccc(C(C)C)cc3Br)cc2)c(Br)c1. The Morgan fingerprint density at radius 2 is 0.952 bits per heavy atom. The number of hydrazine groups is 2. The van der Waals surface area contributed by atoms with Crippen LogP contribution < -0.4 is 31.2 Å². The highest BCUT2D eigenvalue weighted by molar-refractivity contribution is 9.10. The normalized spacial score (nSPS) is 10.7. The van der Waals surface area contributed by atoms with Gasteiger partial charge in [-0.3, -0.25) is 40.9 Å². The van der Waals surface area contributed by atoms with Gasteiger partial charge in [-0.2, -0.15) is 0 Å². The lowest BCUT2D eigenvalue weighted by molar-refractivity contribution is -0.124. The van der Waals surface area contributed by atoms with Crippen LogP contribution in [-0.2, 0) is 9.59 Å². The van der Waals surface area contributed by atoms with Crippen LogP contribution in [0.15, 0.2) is 69.6 Å². The van der Waals surface area contributed by atoms with E-state index in [-0.39, 0.29) is 24.3 Å². The summed E-state index contributed by atoms with van der Waals surface area (Å²) < 4.78 is 12.5. The summed E-state index contributed by atoms with van der Waals surface area (Å²) in [5.41, 5.74) is 11.8. The molecule has 0 saturated heterocycles. The van der Waals surface area contributed by atoms with Crippen molar-refractivity contribution in [1.29, 1.82) is 0 Å². The Bertz CT molecular complexity index is 1340. The molecule has 0 unspecified atom stereocenters. The molecule has 0 bridgehead atoms. The van der Waals surface area contributed by atoms with Crippen molar-refractivity contribution in [3.8, 4) is 11.5 Å². The molecule has 10 nitrogen and oxygen atoms in total. The van der Waals surface area contributed by atoms with Crippen LogP contribution in [0.2, 0.25) is 0 Å². The van der Waals surface area contributed by atoms with Crippen LogP contribution in [0, 0.1) is 0 Å². The van der Waals surface area contributed by atoms with E-state index in [0.717, 1.165) is 20.1 Å². The van der Waals surface area contributed by atoms with Crippen molar-refractivity contribution in [1.82, 2.24) is 21.7 Å². The van der Waals surface area contributed by atoms with Gasteiger partial charge in [0.15, 0.2) is 13.2 Å². The lowest BCUT2D eigenvalue weighted by atomic mass is 10.0. The summed E-state index contributed by atoms with van der Waals surface area (Å²) >= 11 is 6.86. The average Bonchev–Trinajstić information content (AvgIpc) is 2.97. The van der Waals surface area contributed by atoms with E-state index in [1.807, 2.05) is 24.3 Å². The number of nitrogens with one attached hydrogen (secondary N) is 4. The van der Waals surface area contributed by atoms with E-state index in [9.17, 15) is 19.2 Å². The van der Waals surface area contributed by atoms with Crippen LogP contribution in [0.3, 0.4) is 0 Å². The molecule has 0 fully saturated rings. The molecule has 0 aromatic heterocycles. The van der Waals surface area contributed by atoms with Crippen molar-refractivity contribution in [2.24, 2.45) is 0 Å². The Balaban J connectivity index is 1.40. The molecule has 3 aromatic rings. The Morgan fingerprint density at radius 1 is 0.595 bits per heavy atom. The van der Waals surface area contributed by atoms with Gasteiger partial charge >= 0.3 is 0 Å². The van der Waals surface area contributed by atoms with Gasteiger partial charge in [-0.05, 0) is 103 Å². The smallest absolute Gasteiger partial charge is 0.276 e. The fourth-order valence-corrected chi connectivity index (χ4v) is 4.54. The molecule has 0 atom stereocenters. The second-order valence-electron chi connectivity index (χ2n) is 9.85. The molecule has 3 rings (SSSR count). The minimum Gasteiger partial charge on any atom is -0.483 e. The molecule has 0 aliphatic rings. The number of hydrogen-bond acceptors (Lipinski definition) is 6. The second kappa shape index (κ2) is 15.4. The number of carbonyl (C=O) groups excluding carboxylic acids is 4. The zero-order valence-electron chi connectivity index (χ0n) is 23.5. The van der Waals surface area contributed by atoms with Gasteiger partial charge in [0.1, 0.15) is 11.5 Å². The minimum absolute atomic E-state index is 0.200. The Morgan fingerprint density at radius 3 is 1.26 bits per heavy atom. The molecule has 42 heavy (non-hydrogen) atoms. The number of halogens is 2. The standard InChI is InChI=1S/C30H32Br2N4O6/c1-17(2)21-9-11-25(23(31)13-21)41-15-27(37)33-35-29(39)19-5-7-20(8-6-19)30(40)36-34-28(38)16-42-26-12-10-22(18(3)4)14-24(26)32/h5-14,17-18H,15-16H2,1-4H3,(H,33,37)(H,34,38)(H,35,39)(H,36,40). The third-order valence-corrected chi connectivity index (χ3v) is 7.24. The lowest BCUT2D eigenvalue weighted by Gasteiger charge is -2.12. The average molecular weight is 704 g/mol. The van der Waals surface area contributed by atoms with E-state index in [2.05, 4.69) is 81.3 Å². The maximum Gasteiger partial charge on any atom is 0.276 e. The fraction of sp³-hybridized carbons (Fsp3) is 0.267. The molecular weight excluding hydrogens is 672 g/mol. The Hall–Kier alpha value is -3.90. The summed E-state index contributed by atoms with van der Waals surface area (Å²) in [6.07, 6.45) is 0. The molecule has 4 N–H and O–H groups in total. The molecular formula is C30H32Br2N4O6. The first-order chi connectivity index (χ1) is 19.9. The van der Waals surface area contributed by atoms with Crippen LogP contribution in [-0.4, -0.2) is 36.8 Å². The maximum atomic E-state index is 12.4. The van der Waals surface area contributed by atoms with E-state index < -0.39 is 23.6 Å². The van der Waals surface area contributed by atoms with Crippen molar-refractivity contribution in [3.05, 3.63) is 91.9 Å². The summed E-state index contributed by atoms with van der Waals surface area (Å²) in [4.78, 5) is 49.0. The minimum atomic E-state index is -0.587. The van der Waals surface area contributed by atoms with Gasteiger partial charge < -0.3 is 9.47 Å². The molecule has 0 radical (unpaired) electrons. The molecule has 12 heteroatoms. The molecule has 3 aromatic carbocycles. The summed E-state index contributed by atoms with van der Waals surface area (Å²) in [7, 11) is 0. The molecule has 0 aliphatic carbocycles. The lowest BCUT2D eigenvalue weighted by Crippen LogP contribution is -2.44. The highest BCUT2D eigenvalue weighted by Gasteiger charge is 2.13. The van der Waals surface area contributed by atoms with E-state index in [1.165, 1.54) is 24.3 Å². The zero-order valence-corrected chi connectivity index (χ0v) is 26.7. The van der Waals surface area contributed by atoms with Gasteiger partial charge in [0, 0.05) is 11.1 Å².